The van der Waals surface area contributed by atoms with Gasteiger partial charge in [0, 0.05) is 5.54 Å². The van der Waals surface area contributed by atoms with Crippen LogP contribution in [0.4, 0.5) is 4.79 Å². The monoisotopic (exact) mass is 228 g/mol. The van der Waals surface area contributed by atoms with Gasteiger partial charge in [0.25, 0.3) is 0 Å². The highest BCUT2D eigenvalue weighted by molar-refractivity contribution is 5.83. The standard InChI is InChI=1S/C11H20N2O3/c1-4-7(2)8(9(14)15)12-10(16)13-11(3)5-6-11/h7-8H,4-6H2,1-3H3,(H,14,15)(H2,12,13,16)/t7?,8-/m0/s1. The average Bonchev–Trinajstić information content (AvgIpc) is 2.90. The molecule has 0 heterocycles. The van der Waals surface area contributed by atoms with Crippen LogP contribution in [0.25, 0.3) is 0 Å². The number of nitrogens with one attached hydrogen (secondary N) is 2. The van der Waals surface area contributed by atoms with Gasteiger partial charge in [-0.15, -0.1) is 0 Å². The Kier molecular flexibility index (Phi) is 3.78. The van der Waals surface area contributed by atoms with E-state index < -0.39 is 12.0 Å². The lowest BCUT2D eigenvalue weighted by Crippen LogP contribution is -2.51. The van der Waals surface area contributed by atoms with Crippen molar-refractivity contribution in [2.45, 2.75) is 51.6 Å². The molecule has 1 fully saturated rings. The van der Waals surface area contributed by atoms with E-state index in [9.17, 15) is 9.59 Å². The van der Waals surface area contributed by atoms with E-state index in [1.54, 1.807) is 0 Å². The summed E-state index contributed by atoms with van der Waals surface area (Å²) >= 11 is 0. The van der Waals surface area contributed by atoms with Gasteiger partial charge in [-0.3, -0.25) is 0 Å². The summed E-state index contributed by atoms with van der Waals surface area (Å²) in [6.07, 6.45) is 2.64. The molecule has 0 saturated heterocycles. The van der Waals surface area contributed by atoms with Gasteiger partial charge < -0.3 is 15.7 Å². The van der Waals surface area contributed by atoms with Crippen LogP contribution in [-0.4, -0.2) is 28.7 Å². The molecule has 1 rings (SSSR count). The topological polar surface area (TPSA) is 78.4 Å². The third-order valence-electron chi connectivity index (χ3n) is 3.18. The second-order valence-electron chi connectivity index (χ2n) is 4.86. The zero-order valence-electron chi connectivity index (χ0n) is 10.0. The summed E-state index contributed by atoms with van der Waals surface area (Å²) in [4.78, 5) is 22.5. The van der Waals surface area contributed by atoms with Crippen molar-refractivity contribution in [1.82, 2.24) is 10.6 Å². The molecule has 1 saturated carbocycles. The molecule has 0 aromatic heterocycles. The lowest BCUT2D eigenvalue weighted by molar-refractivity contribution is -0.140. The van der Waals surface area contributed by atoms with E-state index in [-0.39, 0.29) is 17.5 Å². The first-order chi connectivity index (χ1) is 7.38. The first-order valence-electron chi connectivity index (χ1n) is 5.69. The molecule has 0 spiro atoms. The SMILES string of the molecule is CCC(C)[C@H](NC(=O)NC1(C)CC1)C(=O)O. The van der Waals surface area contributed by atoms with Gasteiger partial charge in [-0.1, -0.05) is 20.3 Å². The molecule has 0 bridgehead atoms. The molecule has 0 aromatic rings. The van der Waals surface area contributed by atoms with Crippen molar-refractivity contribution in [3.05, 3.63) is 0 Å². The fourth-order valence-corrected chi connectivity index (χ4v) is 1.45. The van der Waals surface area contributed by atoms with E-state index >= 15 is 0 Å². The third kappa shape index (κ3) is 3.40. The molecule has 2 atom stereocenters. The van der Waals surface area contributed by atoms with Crippen LogP contribution in [0, 0.1) is 5.92 Å². The van der Waals surface area contributed by atoms with Crippen molar-refractivity contribution in [2.24, 2.45) is 5.92 Å². The minimum atomic E-state index is -0.981. The Morgan fingerprint density at radius 2 is 2.00 bits per heavy atom. The summed E-state index contributed by atoms with van der Waals surface area (Å²) in [6, 6.07) is -1.19. The number of carbonyl (C=O) groups is 2. The Balaban J connectivity index is 2.47. The number of carboxylic acids is 1. The van der Waals surface area contributed by atoms with Gasteiger partial charge in [0.2, 0.25) is 0 Å². The fraction of sp³-hybridized carbons (Fsp3) is 0.818. The maximum Gasteiger partial charge on any atom is 0.326 e. The molecule has 5 nitrogen and oxygen atoms in total. The largest absolute Gasteiger partial charge is 0.480 e. The molecular formula is C11H20N2O3. The second kappa shape index (κ2) is 4.72. The molecule has 1 unspecified atom stereocenters. The lowest BCUT2D eigenvalue weighted by Gasteiger charge is -2.21. The van der Waals surface area contributed by atoms with Crippen molar-refractivity contribution < 1.29 is 14.7 Å². The summed E-state index contributed by atoms with van der Waals surface area (Å²) in [5.74, 6) is -1.05. The number of carboxylic acid groups (broad SMARTS) is 1. The van der Waals surface area contributed by atoms with Crippen LogP contribution in [0.1, 0.15) is 40.0 Å². The van der Waals surface area contributed by atoms with E-state index in [2.05, 4.69) is 10.6 Å². The fourth-order valence-electron chi connectivity index (χ4n) is 1.45. The predicted octanol–water partition coefficient (Wildman–Crippen LogP) is 1.34. The summed E-state index contributed by atoms with van der Waals surface area (Å²) in [6.45, 7) is 5.67. The van der Waals surface area contributed by atoms with Crippen molar-refractivity contribution >= 4 is 12.0 Å². The van der Waals surface area contributed by atoms with Crippen molar-refractivity contribution in [3.63, 3.8) is 0 Å². The van der Waals surface area contributed by atoms with Gasteiger partial charge in [0.05, 0.1) is 0 Å². The minimum Gasteiger partial charge on any atom is -0.480 e. The molecule has 3 N–H and O–H groups in total. The highest BCUT2D eigenvalue weighted by Gasteiger charge is 2.39. The normalized spacial score (nSPS) is 20.7. The predicted molar refractivity (Wildman–Crippen MR) is 60.2 cm³/mol. The maximum atomic E-state index is 11.5. The maximum absolute atomic E-state index is 11.5. The Morgan fingerprint density at radius 1 is 1.44 bits per heavy atom. The van der Waals surface area contributed by atoms with Crippen molar-refractivity contribution in [1.29, 1.82) is 0 Å². The zero-order valence-corrected chi connectivity index (χ0v) is 10.0. The lowest BCUT2D eigenvalue weighted by atomic mass is 9.99. The molecule has 92 valence electrons. The number of hydrogen-bond donors (Lipinski definition) is 3. The number of aliphatic carboxylic acids is 1. The number of rotatable bonds is 5. The van der Waals surface area contributed by atoms with E-state index in [1.165, 1.54) is 0 Å². The van der Waals surface area contributed by atoms with E-state index in [0.29, 0.717) is 6.42 Å². The molecule has 16 heavy (non-hydrogen) atoms. The van der Waals surface area contributed by atoms with E-state index in [1.807, 2.05) is 20.8 Å². The van der Waals surface area contributed by atoms with Crippen LogP contribution in [0.5, 0.6) is 0 Å². The summed E-state index contributed by atoms with van der Waals surface area (Å²) in [5, 5.41) is 14.3. The van der Waals surface area contributed by atoms with Crippen LogP contribution < -0.4 is 10.6 Å². The number of amides is 2. The summed E-state index contributed by atoms with van der Waals surface area (Å²) in [5.41, 5.74) is -0.122. The molecular weight excluding hydrogens is 208 g/mol. The summed E-state index contributed by atoms with van der Waals surface area (Å²) < 4.78 is 0. The van der Waals surface area contributed by atoms with Gasteiger partial charge in [-0.2, -0.15) is 0 Å². The number of hydrogen-bond acceptors (Lipinski definition) is 2. The van der Waals surface area contributed by atoms with Gasteiger partial charge in [-0.25, -0.2) is 9.59 Å². The first-order valence-corrected chi connectivity index (χ1v) is 5.69. The van der Waals surface area contributed by atoms with E-state index in [4.69, 9.17) is 5.11 Å². The molecule has 1 aliphatic carbocycles. The van der Waals surface area contributed by atoms with E-state index in [0.717, 1.165) is 12.8 Å². The van der Waals surface area contributed by atoms with Crippen molar-refractivity contribution in [3.8, 4) is 0 Å². The zero-order chi connectivity index (χ0) is 12.3. The Morgan fingerprint density at radius 3 is 2.38 bits per heavy atom. The Hall–Kier alpha value is -1.26. The van der Waals surface area contributed by atoms with Crippen LogP contribution in [0.15, 0.2) is 0 Å². The van der Waals surface area contributed by atoms with Gasteiger partial charge >= 0.3 is 12.0 Å². The minimum absolute atomic E-state index is 0.0738. The highest BCUT2D eigenvalue weighted by Crippen LogP contribution is 2.34. The molecule has 2 amide bonds. The number of carbonyl (C=O) groups excluding carboxylic acids is 1. The van der Waals surface area contributed by atoms with Crippen LogP contribution in [0.3, 0.4) is 0 Å². The summed E-state index contributed by atoms with van der Waals surface area (Å²) in [7, 11) is 0. The van der Waals surface area contributed by atoms with Gasteiger partial charge in [0.1, 0.15) is 6.04 Å². The first kappa shape index (κ1) is 12.8. The highest BCUT2D eigenvalue weighted by atomic mass is 16.4. The molecule has 0 radical (unpaired) electrons. The van der Waals surface area contributed by atoms with Gasteiger partial charge in [0.15, 0.2) is 0 Å². The molecule has 0 aromatic carbocycles. The number of urea groups is 1. The quantitative estimate of drug-likeness (QED) is 0.664. The van der Waals surface area contributed by atoms with Crippen LogP contribution in [0.2, 0.25) is 0 Å². The Labute approximate surface area is 95.6 Å². The van der Waals surface area contributed by atoms with Crippen molar-refractivity contribution in [2.75, 3.05) is 0 Å². The molecule has 0 aliphatic heterocycles. The third-order valence-corrected chi connectivity index (χ3v) is 3.18. The average molecular weight is 228 g/mol. The second-order valence-corrected chi connectivity index (χ2v) is 4.86. The Bertz CT molecular complexity index is 287. The van der Waals surface area contributed by atoms with Crippen LogP contribution >= 0.6 is 0 Å². The smallest absolute Gasteiger partial charge is 0.326 e. The van der Waals surface area contributed by atoms with Gasteiger partial charge in [-0.05, 0) is 25.7 Å². The molecule has 1 aliphatic rings. The van der Waals surface area contributed by atoms with Crippen LogP contribution in [-0.2, 0) is 4.79 Å². The molecule has 5 heteroatoms.